The number of nitrogens with zero attached hydrogens (tertiary/aromatic N) is 1. The molecule has 0 spiro atoms. The Kier molecular flexibility index (Phi) is 4.39. The number of aromatic nitrogens is 2. The summed E-state index contributed by atoms with van der Waals surface area (Å²) in [5.74, 6) is -0.418. The minimum Gasteiger partial charge on any atom is -0.356 e. The van der Waals surface area contributed by atoms with Gasteiger partial charge in [-0.1, -0.05) is 6.07 Å². The fourth-order valence-corrected chi connectivity index (χ4v) is 3.77. The van der Waals surface area contributed by atoms with Gasteiger partial charge in [-0.05, 0) is 47.7 Å². The number of anilines is 2. The fraction of sp³-hybridized carbons (Fsp3) is 0.158. The van der Waals surface area contributed by atoms with Crippen molar-refractivity contribution < 1.29 is 9.18 Å². The number of benzene rings is 1. The molecule has 1 aliphatic rings. The number of amides is 1. The van der Waals surface area contributed by atoms with Gasteiger partial charge in [0, 0.05) is 51.4 Å². The van der Waals surface area contributed by atoms with Crippen LogP contribution in [0.2, 0.25) is 0 Å². The van der Waals surface area contributed by atoms with Crippen molar-refractivity contribution in [1.82, 2.24) is 15.3 Å². The van der Waals surface area contributed by atoms with Gasteiger partial charge in [-0.3, -0.25) is 9.78 Å². The van der Waals surface area contributed by atoms with Crippen LogP contribution in [0.4, 0.5) is 15.8 Å². The quantitative estimate of drug-likeness (QED) is 0.513. The lowest BCUT2D eigenvalue weighted by atomic mass is 10.0. The summed E-state index contributed by atoms with van der Waals surface area (Å²) < 4.78 is 14.9. The summed E-state index contributed by atoms with van der Waals surface area (Å²) in [7, 11) is 0. The first kappa shape index (κ1) is 17.0. The Morgan fingerprint density at radius 1 is 1.31 bits per heavy atom. The van der Waals surface area contributed by atoms with E-state index in [2.05, 4.69) is 43.2 Å². The second-order valence-corrected chi connectivity index (χ2v) is 7.29. The Labute approximate surface area is 163 Å². The van der Waals surface area contributed by atoms with Gasteiger partial charge in [0.2, 0.25) is 0 Å². The Morgan fingerprint density at radius 2 is 2.15 bits per heavy atom. The summed E-state index contributed by atoms with van der Waals surface area (Å²) in [6.45, 7) is 2.31. The Hall–Kier alpha value is -2.42. The molecule has 132 valence electrons. The molecule has 3 heterocycles. The molecule has 0 saturated heterocycles. The molecular formula is C19H16FIN4O. The minimum atomic E-state index is -0.288. The molecule has 0 radical (unpaired) electrons. The summed E-state index contributed by atoms with van der Waals surface area (Å²) in [5, 5.41) is 6.17. The van der Waals surface area contributed by atoms with E-state index in [1.54, 1.807) is 31.5 Å². The van der Waals surface area contributed by atoms with E-state index in [0.717, 1.165) is 26.9 Å². The van der Waals surface area contributed by atoms with Crippen LogP contribution in [0.3, 0.4) is 0 Å². The Bertz CT molecular complexity index is 1010. The van der Waals surface area contributed by atoms with Crippen LogP contribution in [-0.2, 0) is 6.42 Å². The van der Waals surface area contributed by atoms with Gasteiger partial charge in [0.15, 0.2) is 0 Å². The first-order valence-corrected chi connectivity index (χ1v) is 9.29. The molecular weight excluding hydrogens is 446 g/mol. The average Bonchev–Trinajstić information content (AvgIpc) is 2.99. The second-order valence-electron chi connectivity index (χ2n) is 6.13. The maximum absolute atomic E-state index is 14.0. The summed E-state index contributed by atoms with van der Waals surface area (Å²) in [4.78, 5) is 20.0. The average molecular weight is 462 g/mol. The van der Waals surface area contributed by atoms with E-state index in [1.807, 2.05) is 6.07 Å². The SMILES string of the molecule is Cc1c(F)cccc1Nc1c(-c2ccncc2I)[nH]c2c1C(=O)NCC2. The van der Waals surface area contributed by atoms with Gasteiger partial charge in [0.1, 0.15) is 5.82 Å². The van der Waals surface area contributed by atoms with E-state index in [0.29, 0.717) is 29.0 Å². The van der Waals surface area contributed by atoms with Gasteiger partial charge < -0.3 is 15.6 Å². The highest BCUT2D eigenvalue weighted by Crippen LogP contribution is 2.38. The minimum absolute atomic E-state index is 0.130. The lowest BCUT2D eigenvalue weighted by Crippen LogP contribution is -2.31. The van der Waals surface area contributed by atoms with Crippen molar-refractivity contribution >= 4 is 39.9 Å². The van der Waals surface area contributed by atoms with Gasteiger partial charge in [-0.2, -0.15) is 0 Å². The second kappa shape index (κ2) is 6.71. The van der Waals surface area contributed by atoms with E-state index in [1.165, 1.54) is 6.07 Å². The van der Waals surface area contributed by atoms with E-state index >= 15 is 0 Å². The molecule has 1 aliphatic heterocycles. The number of aromatic amines is 1. The van der Waals surface area contributed by atoms with E-state index in [-0.39, 0.29) is 11.7 Å². The molecule has 4 rings (SSSR count). The molecule has 1 amide bonds. The zero-order valence-corrected chi connectivity index (χ0v) is 16.1. The monoisotopic (exact) mass is 462 g/mol. The van der Waals surface area contributed by atoms with E-state index in [4.69, 9.17) is 0 Å². The number of rotatable bonds is 3. The number of H-pyrrole nitrogens is 1. The third-order valence-electron chi connectivity index (χ3n) is 4.53. The van der Waals surface area contributed by atoms with Crippen LogP contribution in [-0.4, -0.2) is 22.4 Å². The van der Waals surface area contributed by atoms with Crippen molar-refractivity contribution in [1.29, 1.82) is 0 Å². The van der Waals surface area contributed by atoms with Crippen LogP contribution < -0.4 is 10.6 Å². The van der Waals surface area contributed by atoms with Crippen molar-refractivity contribution in [3.8, 4) is 11.3 Å². The third kappa shape index (κ3) is 2.86. The molecule has 26 heavy (non-hydrogen) atoms. The van der Waals surface area contributed by atoms with Gasteiger partial charge in [0.05, 0.1) is 16.9 Å². The molecule has 2 aromatic heterocycles. The number of pyridine rings is 1. The standard InChI is InChI=1S/C19H16FIN4O/c1-10-12(20)3-2-4-14(10)24-18-16-15(6-8-23-19(16)26)25-17(18)11-5-7-22-9-13(11)21/h2-5,7,9,24-25H,6,8H2,1H3,(H,23,26). The lowest BCUT2D eigenvalue weighted by Gasteiger charge is -2.16. The Balaban J connectivity index is 1.92. The molecule has 1 aromatic carbocycles. The molecule has 0 saturated carbocycles. The maximum Gasteiger partial charge on any atom is 0.255 e. The van der Waals surface area contributed by atoms with Crippen LogP contribution in [0.15, 0.2) is 36.7 Å². The topological polar surface area (TPSA) is 69.8 Å². The summed E-state index contributed by atoms with van der Waals surface area (Å²) in [5.41, 5.74) is 5.02. The highest BCUT2D eigenvalue weighted by atomic mass is 127. The van der Waals surface area contributed by atoms with Gasteiger partial charge >= 0.3 is 0 Å². The molecule has 0 aliphatic carbocycles. The highest BCUT2D eigenvalue weighted by Gasteiger charge is 2.27. The van der Waals surface area contributed by atoms with E-state index < -0.39 is 0 Å². The maximum atomic E-state index is 14.0. The van der Waals surface area contributed by atoms with Crippen LogP contribution in [0.25, 0.3) is 11.3 Å². The van der Waals surface area contributed by atoms with Crippen LogP contribution >= 0.6 is 22.6 Å². The van der Waals surface area contributed by atoms with Crippen LogP contribution in [0.1, 0.15) is 21.6 Å². The van der Waals surface area contributed by atoms with Crippen LogP contribution in [0, 0.1) is 16.3 Å². The largest absolute Gasteiger partial charge is 0.356 e. The normalized spacial score (nSPS) is 13.3. The number of carbonyl (C=O) groups is 1. The van der Waals surface area contributed by atoms with Gasteiger partial charge in [-0.25, -0.2) is 4.39 Å². The smallest absolute Gasteiger partial charge is 0.255 e. The van der Waals surface area contributed by atoms with Crippen molar-refractivity contribution in [2.24, 2.45) is 0 Å². The van der Waals surface area contributed by atoms with Gasteiger partial charge in [0.25, 0.3) is 5.91 Å². The Morgan fingerprint density at radius 3 is 2.96 bits per heavy atom. The fourth-order valence-electron chi connectivity index (χ4n) is 3.16. The molecule has 7 heteroatoms. The van der Waals surface area contributed by atoms with E-state index in [9.17, 15) is 9.18 Å². The highest BCUT2D eigenvalue weighted by molar-refractivity contribution is 14.1. The molecule has 0 atom stereocenters. The van der Waals surface area contributed by atoms with Crippen molar-refractivity contribution in [3.63, 3.8) is 0 Å². The number of hydrogen-bond acceptors (Lipinski definition) is 3. The number of halogens is 2. The first-order chi connectivity index (χ1) is 12.6. The third-order valence-corrected chi connectivity index (χ3v) is 5.39. The zero-order chi connectivity index (χ0) is 18.3. The molecule has 0 unspecified atom stereocenters. The summed E-state index contributed by atoms with van der Waals surface area (Å²) in [6.07, 6.45) is 4.21. The van der Waals surface area contributed by atoms with Crippen LogP contribution in [0.5, 0.6) is 0 Å². The zero-order valence-electron chi connectivity index (χ0n) is 14.0. The van der Waals surface area contributed by atoms with Crippen molar-refractivity contribution in [3.05, 3.63) is 62.9 Å². The molecule has 3 aromatic rings. The number of hydrogen-bond donors (Lipinski definition) is 3. The molecule has 3 N–H and O–H groups in total. The lowest BCUT2D eigenvalue weighted by molar-refractivity contribution is 0.0947. The van der Waals surface area contributed by atoms with Crippen molar-refractivity contribution in [2.75, 3.05) is 11.9 Å². The predicted octanol–water partition coefficient (Wildman–Crippen LogP) is 4.16. The molecule has 5 nitrogen and oxygen atoms in total. The number of fused-ring (bicyclic) bond motifs is 1. The number of carbonyl (C=O) groups excluding carboxylic acids is 1. The van der Waals surface area contributed by atoms with Gasteiger partial charge in [-0.15, -0.1) is 0 Å². The predicted molar refractivity (Wildman–Crippen MR) is 107 cm³/mol. The molecule has 0 bridgehead atoms. The first-order valence-electron chi connectivity index (χ1n) is 8.21. The molecule has 0 fully saturated rings. The number of nitrogens with one attached hydrogen (secondary N) is 3. The summed E-state index contributed by atoms with van der Waals surface area (Å²) in [6, 6.07) is 6.78. The summed E-state index contributed by atoms with van der Waals surface area (Å²) >= 11 is 2.22. The van der Waals surface area contributed by atoms with Crippen molar-refractivity contribution in [2.45, 2.75) is 13.3 Å².